The summed E-state index contributed by atoms with van der Waals surface area (Å²) in [6.45, 7) is -0.387. The van der Waals surface area contributed by atoms with Gasteiger partial charge in [0.2, 0.25) is 16.0 Å². The molecule has 35 heavy (non-hydrogen) atoms. The number of hydrogen-bond acceptors (Lipinski definition) is 10. The molecule has 14 heteroatoms. The normalized spacial score (nSPS) is 12.6. The zero-order valence-corrected chi connectivity index (χ0v) is 20.2. The summed E-state index contributed by atoms with van der Waals surface area (Å²) < 4.78 is 62.4. The molecule has 0 unspecified atom stereocenters. The standard InChI is InChI=1S/C21H22FN5O6S2/c1-34(30,31)18-9-8-14(10-16(18)22)24-21-23-11-15(20(29)27-35(2,32)33)19(26-21)25-17(12-28)13-6-4-3-5-7-13/h3-11,17,28H,12H2,1-2H3,(H,27,29)(H2,23,24,25,26)/t17-/m1/s1. The second-order valence-electron chi connectivity index (χ2n) is 7.49. The van der Waals surface area contributed by atoms with Crippen LogP contribution in [-0.4, -0.2) is 56.9 Å². The number of benzene rings is 2. The first-order chi connectivity index (χ1) is 16.4. The average molecular weight is 524 g/mol. The van der Waals surface area contributed by atoms with Crippen molar-refractivity contribution in [2.45, 2.75) is 10.9 Å². The molecule has 0 aliphatic heterocycles. The van der Waals surface area contributed by atoms with Crippen molar-refractivity contribution in [3.63, 3.8) is 0 Å². The molecule has 0 spiro atoms. The Morgan fingerprint density at radius 1 is 1.09 bits per heavy atom. The first-order valence-corrected chi connectivity index (χ1v) is 13.7. The van der Waals surface area contributed by atoms with E-state index in [4.69, 9.17) is 0 Å². The molecule has 1 atom stereocenters. The van der Waals surface area contributed by atoms with Crippen LogP contribution in [0.4, 0.5) is 21.8 Å². The van der Waals surface area contributed by atoms with Crippen LogP contribution in [0.2, 0.25) is 0 Å². The molecule has 0 fully saturated rings. The first-order valence-electron chi connectivity index (χ1n) is 9.95. The minimum atomic E-state index is -3.89. The molecule has 0 saturated heterocycles. The van der Waals surface area contributed by atoms with Gasteiger partial charge in [-0.3, -0.25) is 4.79 Å². The van der Waals surface area contributed by atoms with E-state index in [9.17, 15) is 31.1 Å². The largest absolute Gasteiger partial charge is 0.394 e. The van der Waals surface area contributed by atoms with Gasteiger partial charge in [-0.05, 0) is 23.8 Å². The number of hydrogen-bond donors (Lipinski definition) is 4. The maximum Gasteiger partial charge on any atom is 0.270 e. The minimum Gasteiger partial charge on any atom is -0.394 e. The number of aliphatic hydroxyl groups is 1. The number of amides is 1. The number of carbonyl (C=O) groups is 1. The van der Waals surface area contributed by atoms with E-state index in [1.807, 2.05) is 4.72 Å². The Morgan fingerprint density at radius 3 is 2.34 bits per heavy atom. The number of nitrogens with zero attached hydrogens (tertiary/aromatic N) is 2. The Labute approximate surface area is 201 Å². The number of carbonyl (C=O) groups excluding carboxylic acids is 1. The highest BCUT2D eigenvalue weighted by Crippen LogP contribution is 2.25. The Balaban J connectivity index is 1.98. The van der Waals surface area contributed by atoms with Crippen molar-refractivity contribution in [1.29, 1.82) is 0 Å². The van der Waals surface area contributed by atoms with Gasteiger partial charge in [0, 0.05) is 18.1 Å². The van der Waals surface area contributed by atoms with Crippen molar-refractivity contribution < 1.29 is 31.1 Å². The summed E-state index contributed by atoms with van der Waals surface area (Å²) in [7, 11) is -7.66. The SMILES string of the molecule is CS(=O)(=O)NC(=O)c1cnc(Nc2ccc(S(C)(=O)=O)c(F)c2)nc1N[C@H](CO)c1ccccc1. The third kappa shape index (κ3) is 6.94. The van der Waals surface area contributed by atoms with Crippen molar-refractivity contribution in [2.75, 3.05) is 29.8 Å². The molecule has 0 radical (unpaired) electrons. The van der Waals surface area contributed by atoms with Gasteiger partial charge in [0.05, 0.1) is 18.9 Å². The Hall–Kier alpha value is -3.62. The van der Waals surface area contributed by atoms with Gasteiger partial charge in [-0.15, -0.1) is 0 Å². The van der Waals surface area contributed by atoms with Gasteiger partial charge in [-0.2, -0.15) is 4.98 Å². The number of aromatic nitrogens is 2. The van der Waals surface area contributed by atoms with E-state index in [1.54, 1.807) is 30.3 Å². The molecule has 1 aromatic heterocycles. The van der Waals surface area contributed by atoms with Crippen molar-refractivity contribution in [2.24, 2.45) is 0 Å². The fourth-order valence-corrected chi connectivity index (χ4v) is 4.21. The van der Waals surface area contributed by atoms with Gasteiger partial charge < -0.3 is 15.7 Å². The van der Waals surface area contributed by atoms with Gasteiger partial charge >= 0.3 is 0 Å². The van der Waals surface area contributed by atoms with E-state index in [1.165, 1.54) is 6.07 Å². The lowest BCUT2D eigenvalue weighted by molar-refractivity contribution is 0.0981. The fourth-order valence-electron chi connectivity index (χ4n) is 3.03. The molecule has 1 amide bonds. The molecular formula is C21H22FN5O6S2. The number of anilines is 3. The lowest BCUT2D eigenvalue weighted by Crippen LogP contribution is -2.31. The molecule has 0 saturated carbocycles. The molecule has 3 rings (SSSR count). The summed E-state index contributed by atoms with van der Waals surface area (Å²) in [5, 5.41) is 15.5. The molecule has 1 heterocycles. The summed E-state index contributed by atoms with van der Waals surface area (Å²) in [4.78, 5) is 20.2. The van der Waals surface area contributed by atoms with Gasteiger partial charge in [0.15, 0.2) is 9.84 Å². The molecule has 0 aliphatic carbocycles. The van der Waals surface area contributed by atoms with Gasteiger partial charge in [-0.25, -0.2) is 30.9 Å². The van der Waals surface area contributed by atoms with Crippen molar-refractivity contribution in [1.82, 2.24) is 14.7 Å². The Morgan fingerprint density at radius 2 is 1.77 bits per heavy atom. The van der Waals surface area contributed by atoms with Crippen molar-refractivity contribution >= 4 is 43.2 Å². The molecule has 11 nitrogen and oxygen atoms in total. The van der Waals surface area contributed by atoms with E-state index in [-0.39, 0.29) is 29.6 Å². The Bertz CT molecular complexity index is 1450. The fraction of sp³-hybridized carbons (Fsp3) is 0.190. The second kappa shape index (κ2) is 10.3. The third-order valence-electron chi connectivity index (χ3n) is 4.59. The Kier molecular flexibility index (Phi) is 7.67. The number of nitrogens with one attached hydrogen (secondary N) is 3. The highest BCUT2D eigenvalue weighted by molar-refractivity contribution is 7.90. The van der Waals surface area contributed by atoms with Crippen LogP contribution in [0.25, 0.3) is 0 Å². The van der Waals surface area contributed by atoms with Crippen molar-refractivity contribution in [3.05, 3.63) is 71.7 Å². The summed E-state index contributed by atoms with van der Waals surface area (Å²) in [5.74, 6) is -2.21. The topological polar surface area (TPSA) is 167 Å². The van der Waals surface area contributed by atoms with Crippen LogP contribution >= 0.6 is 0 Å². The van der Waals surface area contributed by atoms with Gasteiger partial charge in [0.25, 0.3) is 5.91 Å². The maximum absolute atomic E-state index is 14.3. The summed E-state index contributed by atoms with van der Waals surface area (Å²) in [6.07, 6.45) is 2.74. The second-order valence-corrected chi connectivity index (χ2v) is 11.2. The molecule has 186 valence electrons. The zero-order chi connectivity index (χ0) is 25.8. The van der Waals surface area contributed by atoms with E-state index in [2.05, 4.69) is 20.6 Å². The van der Waals surface area contributed by atoms with Crippen LogP contribution in [0, 0.1) is 5.82 Å². The lowest BCUT2D eigenvalue weighted by Gasteiger charge is -2.19. The minimum absolute atomic E-state index is 0.111. The molecule has 3 aromatic rings. The average Bonchev–Trinajstić information content (AvgIpc) is 2.76. The van der Waals surface area contributed by atoms with E-state index in [0.717, 1.165) is 30.8 Å². The van der Waals surface area contributed by atoms with Crippen LogP contribution in [0.5, 0.6) is 0 Å². The first kappa shape index (κ1) is 26.0. The summed E-state index contributed by atoms with van der Waals surface area (Å²) in [6, 6.07) is 11.4. The predicted octanol–water partition coefficient (Wildman–Crippen LogP) is 1.60. The van der Waals surface area contributed by atoms with Crippen LogP contribution in [0.15, 0.2) is 59.6 Å². The van der Waals surface area contributed by atoms with Gasteiger partial charge in [0.1, 0.15) is 22.1 Å². The molecule has 2 aromatic carbocycles. The quantitative estimate of drug-likeness (QED) is 0.323. The third-order valence-corrected chi connectivity index (χ3v) is 6.28. The number of sulfone groups is 1. The molecular weight excluding hydrogens is 501 g/mol. The molecule has 4 N–H and O–H groups in total. The highest BCUT2D eigenvalue weighted by Gasteiger charge is 2.21. The van der Waals surface area contributed by atoms with E-state index in [0.29, 0.717) is 5.56 Å². The molecule has 0 aliphatic rings. The van der Waals surface area contributed by atoms with Crippen molar-refractivity contribution in [3.8, 4) is 0 Å². The number of aliphatic hydroxyl groups excluding tert-OH is 1. The summed E-state index contributed by atoms with van der Waals surface area (Å²) >= 11 is 0. The van der Waals surface area contributed by atoms with E-state index < -0.39 is 42.5 Å². The monoisotopic (exact) mass is 523 g/mol. The smallest absolute Gasteiger partial charge is 0.270 e. The van der Waals surface area contributed by atoms with Crippen LogP contribution in [-0.2, 0) is 19.9 Å². The zero-order valence-electron chi connectivity index (χ0n) is 18.6. The molecule has 0 bridgehead atoms. The number of sulfonamides is 1. The van der Waals surface area contributed by atoms with Crippen LogP contribution in [0.1, 0.15) is 22.0 Å². The van der Waals surface area contributed by atoms with E-state index >= 15 is 0 Å². The summed E-state index contributed by atoms with van der Waals surface area (Å²) in [5.41, 5.74) is 0.556. The van der Waals surface area contributed by atoms with Gasteiger partial charge in [-0.1, -0.05) is 30.3 Å². The predicted molar refractivity (Wildman–Crippen MR) is 127 cm³/mol. The number of halogens is 1. The number of rotatable bonds is 9. The maximum atomic E-state index is 14.3. The lowest BCUT2D eigenvalue weighted by atomic mass is 10.1. The highest BCUT2D eigenvalue weighted by atomic mass is 32.2. The van der Waals surface area contributed by atoms with Crippen LogP contribution in [0.3, 0.4) is 0 Å². The van der Waals surface area contributed by atoms with Crippen LogP contribution < -0.4 is 15.4 Å².